The first-order valence-corrected chi connectivity index (χ1v) is 5.80. The number of aromatic nitrogens is 1. The van der Waals surface area contributed by atoms with Crippen LogP contribution in [0, 0.1) is 0 Å². The van der Waals surface area contributed by atoms with Crippen molar-refractivity contribution in [1.29, 1.82) is 0 Å². The first-order chi connectivity index (χ1) is 8.22. The largest absolute Gasteiger partial charge is 0.388 e. The van der Waals surface area contributed by atoms with Gasteiger partial charge in [0.1, 0.15) is 6.29 Å². The molecule has 0 unspecified atom stereocenters. The van der Waals surface area contributed by atoms with Gasteiger partial charge in [-0.05, 0) is 30.3 Å². The SMILES string of the molecule is C=CC=O.CNc1ccnc2ccc(Br)cc12. The van der Waals surface area contributed by atoms with Crippen LogP contribution in [-0.2, 0) is 4.79 Å². The molecule has 0 amide bonds. The van der Waals surface area contributed by atoms with E-state index in [0.29, 0.717) is 6.29 Å². The smallest absolute Gasteiger partial charge is 0.142 e. The summed E-state index contributed by atoms with van der Waals surface area (Å²) in [7, 11) is 1.91. The van der Waals surface area contributed by atoms with Crippen molar-refractivity contribution in [3.05, 3.63) is 47.6 Å². The van der Waals surface area contributed by atoms with Crippen LogP contribution in [0.1, 0.15) is 0 Å². The van der Waals surface area contributed by atoms with Gasteiger partial charge in [0.05, 0.1) is 5.52 Å². The van der Waals surface area contributed by atoms with E-state index in [2.05, 4.69) is 38.9 Å². The van der Waals surface area contributed by atoms with Gasteiger partial charge in [0.2, 0.25) is 0 Å². The van der Waals surface area contributed by atoms with Crippen molar-refractivity contribution in [2.24, 2.45) is 0 Å². The van der Waals surface area contributed by atoms with E-state index in [1.807, 2.05) is 31.4 Å². The average Bonchev–Trinajstić information content (AvgIpc) is 2.38. The Hall–Kier alpha value is -1.68. The number of hydrogen-bond acceptors (Lipinski definition) is 3. The molecule has 88 valence electrons. The molecule has 1 aromatic carbocycles. The zero-order chi connectivity index (χ0) is 12.7. The Kier molecular flexibility index (Phi) is 5.36. The van der Waals surface area contributed by atoms with Gasteiger partial charge in [-0.2, -0.15) is 0 Å². The number of hydrogen-bond donors (Lipinski definition) is 1. The van der Waals surface area contributed by atoms with Gasteiger partial charge in [-0.1, -0.05) is 22.5 Å². The molecule has 4 heteroatoms. The Morgan fingerprint density at radius 3 is 2.71 bits per heavy atom. The number of allylic oxidation sites excluding steroid dienone is 1. The quantitative estimate of drug-likeness (QED) is 0.681. The van der Waals surface area contributed by atoms with Crippen LogP contribution in [0.2, 0.25) is 0 Å². The molecule has 3 nitrogen and oxygen atoms in total. The van der Waals surface area contributed by atoms with Gasteiger partial charge in [0.15, 0.2) is 0 Å². The third kappa shape index (κ3) is 3.67. The molecule has 2 aromatic rings. The minimum Gasteiger partial charge on any atom is -0.388 e. The van der Waals surface area contributed by atoms with Gasteiger partial charge >= 0.3 is 0 Å². The first-order valence-electron chi connectivity index (χ1n) is 5.01. The molecule has 0 spiro atoms. The number of fused-ring (bicyclic) bond motifs is 1. The maximum atomic E-state index is 9.06. The summed E-state index contributed by atoms with van der Waals surface area (Å²) < 4.78 is 1.07. The van der Waals surface area contributed by atoms with Crippen molar-refractivity contribution in [2.75, 3.05) is 12.4 Å². The van der Waals surface area contributed by atoms with E-state index in [1.165, 1.54) is 6.08 Å². The second kappa shape index (κ2) is 6.81. The number of carbonyl (C=O) groups excluding carboxylic acids is 1. The first kappa shape index (κ1) is 13.4. The highest BCUT2D eigenvalue weighted by molar-refractivity contribution is 9.10. The van der Waals surface area contributed by atoms with Crippen LogP contribution < -0.4 is 5.32 Å². The lowest BCUT2D eigenvalue weighted by molar-refractivity contribution is -0.104. The van der Waals surface area contributed by atoms with E-state index in [0.717, 1.165) is 21.1 Å². The third-order valence-electron chi connectivity index (χ3n) is 2.07. The van der Waals surface area contributed by atoms with Crippen molar-refractivity contribution in [2.45, 2.75) is 0 Å². The number of benzene rings is 1. The van der Waals surface area contributed by atoms with Crippen molar-refractivity contribution >= 4 is 38.8 Å². The molecule has 0 aliphatic rings. The number of nitrogens with one attached hydrogen (secondary N) is 1. The lowest BCUT2D eigenvalue weighted by atomic mass is 10.2. The molecular formula is C13H13BrN2O. The predicted molar refractivity (Wildman–Crippen MR) is 75.3 cm³/mol. The number of pyridine rings is 1. The van der Waals surface area contributed by atoms with E-state index in [-0.39, 0.29) is 0 Å². The summed E-state index contributed by atoms with van der Waals surface area (Å²) in [5.41, 5.74) is 2.11. The minimum absolute atomic E-state index is 0.639. The summed E-state index contributed by atoms with van der Waals surface area (Å²) >= 11 is 3.44. The van der Waals surface area contributed by atoms with Gasteiger partial charge in [-0.15, -0.1) is 0 Å². The lowest BCUT2D eigenvalue weighted by Crippen LogP contribution is -1.90. The number of rotatable bonds is 2. The number of aldehydes is 1. The van der Waals surface area contributed by atoms with E-state index < -0.39 is 0 Å². The van der Waals surface area contributed by atoms with Crippen LogP contribution >= 0.6 is 15.9 Å². The number of carbonyl (C=O) groups is 1. The zero-order valence-corrected chi connectivity index (χ0v) is 11.1. The standard InChI is InChI=1S/C10H9BrN2.C3H4O/c1-12-9-4-5-13-10-3-2-7(11)6-8(9)10;1-2-3-4/h2-6H,1H3,(H,12,13);2-3H,1H2. The zero-order valence-electron chi connectivity index (χ0n) is 9.48. The second-order valence-electron chi connectivity index (χ2n) is 3.14. The van der Waals surface area contributed by atoms with Crippen molar-refractivity contribution in [3.63, 3.8) is 0 Å². The molecule has 0 fully saturated rings. The van der Waals surface area contributed by atoms with E-state index in [1.54, 1.807) is 0 Å². The monoisotopic (exact) mass is 292 g/mol. The minimum atomic E-state index is 0.639. The molecule has 0 atom stereocenters. The van der Waals surface area contributed by atoms with Crippen LogP contribution in [0.15, 0.2) is 47.6 Å². The average molecular weight is 293 g/mol. The van der Waals surface area contributed by atoms with Crippen LogP contribution in [0.5, 0.6) is 0 Å². The molecule has 0 aliphatic carbocycles. The highest BCUT2D eigenvalue weighted by atomic mass is 79.9. The topological polar surface area (TPSA) is 42.0 Å². The molecule has 1 heterocycles. The normalized spacial score (nSPS) is 9.06. The van der Waals surface area contributed by atoms with Crippen molar-refractivity contribution in [1.82, 2.24) is 4.98 Å². The summed E-state index contributed by atoms with van der Waals surface area (Å²) in [4.78, 5) is 13.3. The van der Waals surface area contributed by atoms with Crippen LogP contribution in [0.25, 0.3) is 10.9 Å². The Balaban J connectivity index is 0.000000317. The van der Waals surface area contributed by atoms with E-state index >= 15 is 0 Å². The second-order valence-corrected chi connectivity index (χ2v) is 4.06. The van der Waals surface area contributed by atoms with Crippen LogP contribution in [0.3, 0.4) is 0 Å². The summed E-state index contributed by atoms with van der Waals surface area (Å²) in [6.07, 6.45) is 3.64. The Morgan fingerprint density at radius 1 is 1.41 bits per heavy atom. The Labute approximate surface area is 109 Å². The van der Waals surface area contributed by atoms with Gasteiger partial charge in [-0.3, -0.25) is 9.78 Å². The predicted octanol–water partition coefficient (Wildman–Crippen LogP) is 3.41. The number of halogens is 1. The molecular weight excluding hydrogens is 280 g/mol. The fourth-order valence-corrected chi connectivity index (χ4v) is 1.70. The van der Waals surface area contributed by atoms with Gasteiger partial charge in [-0.25, -0.2) is 0 Å². The molecule has 1 aromatic heterocycles. The molecule has 0 saturated heterocycles. The molecule has 0 saturated carbocycles. The maximum Gasteiger partial charge on any atom is 0.142 e. The molecule has 2 rings (SSSR count). The number of anilines is 1. The summed E-state index contributed by atoms with van der Waals surface area (Å²) in [5.74, 6) is 0. The van der Waals surface area contributed by atoms with Crippen LogP contribution in [0.4, 0.5) is 5.69 Å². The molecule has 0 bridgehead atoms. The van der Waals surface area contributed by atoms with Crippen molar-refractivity contribution < 1.29 is 4.79 Å². The Morgan fingerprint density at radius 2 is 2.12 bits per heavy atom. The molecule has 0 radical (unpaired) electrons. The number of nitrogens with zero attached hydrogens (tertiary/aromatic N) is 1. The summed E-state index contributed by atoms with van der Waals surface area (Å²) in [5, 5.41) is 4.27. The molecule has 1 N–H and O–H groups in total. The Bertz CT molecular complexity index is 520. The summed E-state index contributed by atoms with van der Waals surface area (Å²) in [6, 6.07) is 8.03. The van der Waals surface area contributed by atoms with E-state index in [4.69, 9.17) is 4.79 Å². The fraction of sp³-hybridized carbons (Fsp3) is 0.0769. The van der Waals surface area contributed by atoms with Gasteiger partial charge < -0.3 is 5.32 Å². The van der Waals surface area contributed by atoms with Gasteiger partial charge in [0, 0.05) is 28.8 Å². The van der Waals surface area contributed by atoms with E-state index in [9.17, 15) is 0 Å². The molecule has 0 aliphatic heterocycles. The third-order valence-corrected chi connectivity index (χ3v) is 2.56. The lowest BCUT2D eigenvalue weighted by Gasteiger charge is -2.04. The van der Waals surface area contributed by atoms with Gasteiger partial charge in [0.25, 0.3) is 0 Å². The highest BCUT2D eigenvalue weighted by Crippen LogP contribution is 2.24. The van der Waals surface area contributed by atoms with Crippen molar-refractivity contribution in [3.8, 4) is 0 Å². The highest BCUT2D eigenvalue weighted by Gasteiger charge is 1.99. The van der Waals surface area contributed by atoms with Crippen LogP contribution in [-0.4, -0.2) is 18.3 Å². The fourth-order valence-electron chi connectivity index (χ4n) is 1.34. The maximum absolute atomic E-state index is 9.06. The summed E-state index contributed by atoms with van der Waals surface area (Å²) in [6.45, 7) is 3.11. The molecule has 17 heavy (non-hydrogen) atoms.